The second-order valence-electron chi connectivity index (χ2n) is 2.97. The van der Waals surface area contributed by atoms with Gasteiger partial charge < -0.3 is 9.64 Å². The first-order chi connectivity index (χ1) is 5.36. The molecule has 0 aromatic rings. The number of likely N-dealkylation sites (N-methyl/N-ethyl adjacent to an activating group) is 1. The van der Waals surface area contributed by atoms with Crippen molar-refractivity contribution in [2.45, 2.75) is 6.92 Å². The summed E-state index contributed by atoms with van der Waals surface area (Å²) in [6, 6.07) is 0. The molecule has 1 heterocycles. The number of hydrogen-bond donors (Lipinski definition) is 0. The zero-order valence-corrected chi connectivity index (χ0v) is 7.55. The van der Waals surface area contributed by atoms with Crippen molar-refractivity contribution in [1.82, 2.24) is 9.80 Å². The number of methoxy groups -OCH3 is 1. The van der Waals surface area contributed by atoms with Crippen LogP contribution in [-0.4, -0.2) is 56.4 Å². The SMILES string of the molecule is CCN1CCN(COC)CC1. The minimum Gasteiger partial charge on any atom is -0.369 e. The van der Waals surface area contributed by atoms with Gasteiger partial charge in [0.25, 0.3) is 0 Å². The van der Waals surface area contributed by atoms with Gasteiger partial charge in [-0.2, -0.15) is 0 Å². The highest BCUT2D eigenvalue weighted by atomic mass is 16.5. The van der Waals surface area contributed by atoms with Gasteiger partial charge in [-0.1, -0.05) is 6.92 Å². The number of piperazine rings is 1. The molecule has 11 heavy (non-hydrogen) atoms. The van der Waals surface area contributed by atoms with Crippen molar-refractivity contribution in [3.63, 3.8) is 0 Å². The lowest BCUT2D eigenvalue weighted by Crippen LogP contribution is -2.46. The molecule has 0 spiro atoms. The molecule has 0 aromatic carbocycles. The first-order valence-electron chi connectivity index (χ1n) is 4.30. The zero-order valence-electron chi connectivity index (χ0n) is 7.55. The molecule has 0 bridgehead atoms. The Bertz CT molecular complexity index is 100. The predicted octanol–water partition coefficient (Wildman–Crippen LogP) is 0.228. The van der Waals surface area contributed by atoms with E-state index in [1.807, 2.05) is 0 Å². The maximum atomic E-state index is 5.06. The molecule has 66 valence electrons. The fourth-order valence-electron chi connectivity index (χ4n) is 1.42. The summed E-state index contributed by atoms with van der Waals surface area (Å²) in [6.45, 7) is 8.88. The molecule has 0 N–H and O–H groups in total. The summed E-state index contributed by atoms with van der Waals surface area (Å²) in [5.41, 5.74) is 0. The van der Waals surface area contributed by atoms with Crippen LogP contribution in [0, 0.1) is 0 Å². The Balaban J connectivity index is 2.14. The molecule has 0 aromatic heterocycles. The van der Waals surface area contributed by atoms with Crippen LogP contribution in [0.25, 0.3) is 0 Å². The van der Waals surface area contributed by atoms with E-state index in [-0.39, 0.29) is 0 Å². The van der Waals surface area contributed by atoms with Crippen LogP contribution in [0.1, 0.15) is 6.92 Å². The standard InChI is InChI=1S/C8H18N2O/c1-3-9-4-6-10(7-5-9)8-11-2/h3-8H2,1-2H3. The van der Waals surface area contributed by atoms with E-state index in [0.29, 0.717) is 0 Å². The van der Waals surface area contributed by atoms with Gasteiger partial charge in [0.05, 0.1) is 6.73 Å². The molecule has 0 unspecified atom stereocenters. The van der Waals surface area contributed by atoms with Crippen molar-refractivity contribution >= 4 is 0 Å². The number of nitrogens with zero attached hydrogens (tertiary/aromatic N) is 2. The Morgan fingerprint density at radius 2 is 1.64 bits per heavy atom. The van der Waals surface area contributed by atoms with Crippen molar-refractivity contribution in [2.24, 2.45) is 0 Å². The molecule has 3 heteroatoms. The number of rotatable bonds is 3. The van der Waals surface area contributed by atoms with Crippen molar-refractivity contribution in [3.8, 4) is 0 Å². The average Bonchev–Trinajstić information content (AvgIpc) is 2.07. The fourth-order valence-corrected chi connectivity index (χ4v) is 1.42. The second-order valence-corrected chi connectivity index (χ2v) is 2.97. The Kier molecular flexibility index (Phi) is 3.83. The maximum Gasteiger partial charge on any atom is 0.0987 e. The van der Waals surface area contributed by atoms with Gasteiger partial charge in [-0.05, 0) is 6.54 Å². The monoisotopic (exact) mass is 158 g/mol. The van der Waals surface area contributed by atoms with Gasteiger partial charge in [0, 0.05) is 33.3 Å². The molecule has 0 amide bonds. The summed E-state index contributed by atoms with van der Waals surface area (Å²) in [4.78, 5) is 4.80. The van der Waals surface area contributed by atoms with E-state index < -0.39 is 0 Å². The van der Waals surface area contributed by atoms with Crippen LogP contribution in [0.2, 0.25) is 0 Å². The summed E-state index contributed by atoms with van der Waals surface area (Å²) < 4.78 is 5.06. The summed E-state index contributed by atoms with van der Waals surface area (Å²) in [5.74, 6) is 0. The highest BCUT2D eigenvalue weighted by molar-refractivity contribution is 4.68. The third-order valence-corrected chi connectivity index (χ3v) is 2.22. The Labute approximate surface area is 68.9 Å². The van der Waals surface area contributed by atoms with Crippen LogP contribution in [-0.2, 0) is 4.74 Å². The van der Waals surface area contributed by atoms with Crippen LogP contribution in [0.3, 0.4) is 0 Å². The third-order valence-electron chi connectivity index (χ3n) is 2.22. The first kappa shape index (κ1) is 8.97. The maximum absolute atomic E-state index is 5.06. The van der Waals surface area contributed by atoms with Gasteiger partial charge in [-0.3, -0.25) is 4.90 Å². The quantitative estimate of drug-likeness (QED) is 0.584. The van der Waals surface area contributed by atoms with Crippen molar-refractivity contribution in [3.05, 3.63) is 0 Å². The van der Waals surface area contributed by atoms with Gasteiger partial charge in [0.2, 0.25) is 0 Å². The van der Waals surface area contributed by atoms with E-state index in [1.165, 1.54) is 19.6 Å². The lowest BCUT2D eigenvalue weighted by molar-refractivity contribution is 0.0283. The molecule has 1 saturated heterocycles. The van der Waals surface area contributed by atoms with E-state index in [4.69, 9.17) is 4.74 Å². The molecule has 1 aliphatic heterocycles. The first-order valence-corrected chi connectivity index (χ1v) is 4.30. The molecular weight excluding hydrogens is 140 g/mol. The highest BCUT2D eigenvalue weighted by Crippen LogP contribution is 1.99. The molecule has 0 saturated carbocycles. The van der Waals surface area contributed by atoms with Crippen LogP contribution in [0.15, 0.2) is 0 Å². The Hall–Kier alpha value is -0.120. The second kappa shape index (κ2) is 4.70. The number of hydrogen-bond acceptors (Lipinski definition) is 3. The molecule has 1 rings (SSSR count). The molecule has 0 atom stereocenters. The lowest BCUT2D eigenvalue weighted by atomic mass is 10.3. The lowest BCUT2D eigenvalue weighted by Gasteiger charge is -2.33. The third kappa shape index (κ3) is 2.77. The molecule has 0 radical (unpaired) electrons. The van der Waals surface area contributed by atoms with Crippen LogP contribution >= 0.6 is 0 Å². The van der Waals surface area contributed by atoms with E-state index in [1.54, 1.807) is 7.11 Å². The summed E-state index contributed by atoms with van der Waals surface area (Å²) in [6.07, 6.45) is 0. The largest absolute Gasteiger partial charge is 0.369 e. The Morgan fingerprint density at radius 1 is 1.09 bits per heavy atom. The van der Waals surface area contributed by atoms with E-state index in [9.17, 15) is 0 Å². The highest BCUT2D eigenvalue weighted by Gasteiger charge is 2.13. The molecule has 0 aliphatic carbocycles. The van der Waals surface area contributed by atoms with Gasteiger partial charge in [-0.25, -0.2) is 0 Å². The molecular formula is C8H18N2O. The van der Waals surface area contributed by atoms with Gasteiger partial charge in [0.1, 0.15) is 0 Å². The summed E-state index contributed by atoms with van der Waals surface area (Å²) >= 11 is 0. The van der Waals surface area contributed by atoms with Gasteiger partial charge in [0.15, 0.2) is 0 Å². The topological polar surface area (TPSA) is 15.7 Å². The van der Waals surface area contributed by atoms with Crippen molar-refractivity contribution in [1.29, 1.82) is 0 Å². The van der Waals surface area contributed by atoms with Crippen LogP contribution in [0.5, 0.6) is 0 Å². The molecule has 1 fully saturated rings. The normalized spacial score (nSPS) is 22.4. The predicted molar refractivity (Wildman–Crippen MR) is 45.6 cm³/mol. The molecule has 3 nitrogen and oxygen atoms in total. The van der Waals surface area contributed by atoms with Gasteiger partial charge in [-0.15, -0.1) is 0 Å². The summed E-state index contributed by atoms with van der Waals surface area (Å²) in [7, 11) is 1.76. The van der Waals surface area contributed by atoms with E-state index in [2.05, 4.69) is 16.7 Å². The van der Waals surface area contributed by atoms with Crippen molar-refractivity contribution < 1.29 is 4.74 Å². The minimum absolute atomic E-state index is 0.789. The van der Waals surface area contributed by atoms with Crippen LogP contribution in [0.4, 0.5) is 0 Å². The van der Waals surface area contributed by atoms with Gasteiger partial charge >= 0.3 is 0 Å². The van der Waals surface area contributed by atoms with E-state index in [0.717, 1.165) is 19.8 Å². The number of ether oxygens (including phenoxy) is 1. The van der Waals surface area contributed by atoms with Crippen LogP contribution < -0.4 is 0 Å². The van der Waals surface area contributed by atoms with E-state index >= 15 is 0 Å². The fraction of sp³-hybridized carbons (Fsp3) is 1.00. The Morgan fingerprint density at radius 3 is 2.09 bits per heavy atom. The van der Waals surface area contributed by atoms with Crippen molar-refractivity contribution in [2.75, 3.05) is 46.6 Å². The smallest absolute Gasteiger partial charge is 0.0987 e. The molecule has 1 aliphatic rings. The minimum atomic E-state index is 0.789. The average molecular weight is 158 g/mol. The summed E-state index contributed by atoms with van der Waals surface area (Å²) in [5, 5.41) is 0. The zero-order chi connectivity index (χ0) is 8.10.